The quantitative estimate of drug-likeness (QED) is 0.330. The molecule has 7 heteroatoms. The summed E-state index contributed by atoms with van der Waals surface area (Å²) in [6, 6.07) is 0. The van der Waals surface area contributed by atoms with Gasteiger partial charge >= 0.3 is 11.9 Å². The van der Waals surface area contributed by atoms with Crippen LogP contribution in [0.3, 0.4) is 0 Å². The van der Waals surface area contributed by atoms with Crippen molar-refractivity contribution in [3.63, 3.8) is 0 Å². The number of carbonyl (C=O) groups is 2. The van der Waals surface area contributed by atoms with Crippen LogP contribution >= 0.6 is 0 Å². The third-order valence-corrected chi connectivity index (χ3v) is 2.90. The van der Waals surface area contributed by atoms with Gasteiger partial charge in [-0.1, -0.05) is 12.8 Å². The highest BCUT2D eigenvalue weighted by atomic mass is 16.6. The summed E-state index contributed by atoms with van der Waals surface area (Å²) in [7, 11) is 0. The lowest BCUT2D eigenvalue weighted by Gasteiger charge is -2.19. The molecule has 124 valence electrons. The van der Waals surface area contributed by atoms with Gasteiger partial charge in [-0.25, -0.2) is 0 Å². The first-order valence-corrected chi connectivity index (χ1v) is 7.30. The van der Waals surface area contributed by atoms with Crippen LogP contribution in [0.4, 0.5) is 0 Å². The third-order valence-electron chi connectivity index (χ3n) is 2.90. The molecule has 7 nitrogen and oxygen atoms in total. The summed E-state index contributed by atoms with van der Waals surface area (Å²) >= 11 is 0. The van der Waals surface area contributed by atoms with E-state index in [0.29, 0.717) is 13.0 Å². The number of aliphatic hydroxyl groups excluding tert-OH is 1. The number of aliphatic hydroxyl groups is 1. The molecule has 0 aliphatic heterocycles. The molecule has 2 unspecified atom stereocenters. The van der Waals surface area contributed by atoms with Crippen molar-refractivity contribution in [2.24, 2.45) is 0 Å². The number of unbranched alkanes of at least 4 members (excludes halogenated alkanes) is 2. The van der Waals surface area contributed by atoms with E-state index in [1.807, 2.05) is 6.92 Å². The van der Waals surface area contributed by atoms with Gasteiger partial charge in [0.2, 0.25) is 0 Å². The van der Waals surface area contributed by atoms with Gasteiger partial charge in [0.15, 0.2) is 6.29 Å². The first-order chi connectivity index (χ1) is 9.95. The monoisotopic (exact) mass is 306 g/mol. The van der Waals surface area contributed by atoms with Gasteiger partial charge in [0, 0.05) is 19.4 Å². The predicted molar refractivity (Wildman–Crippen MR) is 75.0 cm³/mol. The first kappa shape index (κ1) is 19.8. The maximum Gasteiger partial charge on any atom is 0.303 e. The molecule has 0 heterocycles. The van der Waals surface area contributed by atoms with Crippen molar-refractivity contribution < 1.29 is 34.4 Å². The van der Waals surface area contributed by atoms with Crippen LogP contribution in [0.5, 0.6) is 0 Å². The lowest BCUT2D eigenvalue weighted by atomic mass is 10.1. The number of carboxylic acid groups (broad SMARTS) is 2. The molecule has 2 atom stereocenters. The van der Waals surface area contributed by atoms with Crippen LogP contribution in [-0.2, 0) is 19.1 Å². The molecule has 0 fully saturated rings. The van der Waals surface area contributed by atoms with Crippen LogP contribution in [0.1, 0.15) is 51.9 Å². The van der Waals surface area contributed by atoms with E-state index in [0.717, 1.165) is 19.3 Å². The Balaban J connectivity index is 3.79. The minimum atomic E-state index is -1.10. The van der Waals surface area contributed by atoms with Gasteiger partial charge in [0.25, 0.3) is 0 Å². The largest absolute Gasteiger partial charge is 0.481 e. The summed E-state index contributed by atoms with van der Waals surface area (Å²) in [5.41, 5.74) is 0. The molecule has 0 radical (unpaired) electrons. The van der Waals surface area contributed by atoms with Gasteiger partial charge in [-0.2, -0.15) is 0 Å². The Bertz CT molecular complexity index is 293. The predicted octanol–water partition coefficient (Wildman–Crippen LogP) is 1.63. The number of hydrogen-bond donors (Lipinski definition) is 3. The highest BCUT2D eigenvalue weighted by molar-refractivity contribution is 5.66. The second-order valence-electron chi connectivity index (χ2n) is 4.79. The Kier molecular flexibility index (Phi) is 11.8. The van der Waals surface area contributed by atoms with E-state index in [-0.39, 0.29) is 32.0 Å². The van der Waals surface area contributed by atoms with Gasteiger partial charge in [0.05, 0.1) is 19.1 Å². The van der Waals surface area contributed by atoms with E-state index in [9.17, 15) is 14.7 Å². The minimum absolute atomic E-state index is 0.0484. The third kappa shape index (κ3) is 13.6. The number of rotatable bonds is 14. The van der Waals surface area contributed by atoms with Gasteiger partial charge in [0.1, 0.15) is 0 Å². The summed E-state index contributed by atoms with van der Waals surface area (Å²) in [4.78, 5) is 20.7. The molecular formula is C14H26O7. The molecule has 0 amide bonds. The lowest BCUT2D eigenvalue weighted by molar-refractivity contribution is -0.148. The number of aliphatic carboxylic acids is 2. The highest BCUT2D eigenvalue weighted by Crippen LogP contribution is 2.10. The summed E-state index contributed by atoms with van der Waals surface area (Å²) in [5, 5.41) is 26.5. The van der Waals surface area contributed by atoms with E-state index >= 15 is 0 Å². The smallest absolute Gasteiger partial charge is 0.303 e. The fraction of sp³-hybridized carbons (Fsp3) is 0.857. The average molecular weight is 306 g/mol. The standard InChI is InChI=1S/C14H26O7/c1-2-20-11(6-4-3-5-7-12(15)16)10-21-14(19)9-8-13(17)18/h11,14,19H,2-10H2,1H3,(H,15,16)(H,17,18). The maximum atomic E-state index is 10.4. The number of carboxylic acids is 2. The second kappa shape index (κ2) is 12.6. The van der Waals surface area contributed by atoms with E-state index in [4.69, 9.17) is 19.7 Å². The Morgan fingerprint density at radius 1 is 0.952 bits per heavy atom. The van der Waals surface area contributed by atoms with Crippen molar-refractivity contribution in [2.45, 2.75) is 64.3 Å². The van der Waals surface area contributed by atoms with E-state index in [1.54, 1.807) is 0 Å². The normalized spacial score (nSPS) is 13.8. The fourth-order valence-corrected chi connectivity index (χ4v) is 1.82. The molecule has 0 rings (SSSR count). The second-order valence-corrected chi connectivity index (χ2v) is 4.79. The van der Waals surface area contributed by atoms with Crippen molar-refractivity contribution in [1.82, 2.24) is 0 Å². The Labute approximate surface area is 124 Å². The van der Waals surface area contributed by atoms with Crippen molar-refractivity contribution in [2.75, 3.05) is 13.2 Å². The van der Waals surface area contributed by atoms with E-state index in [1.165, 1.54) is 0 Å². The zero-order valence-corrected chi connectivity index (χ0v) is 12.5. The van der Waals surface area contributed by atoms with E-state index < -0.39 is 18.2 Å². The SMILES string of the molecule is CCOC(CCCCCC(=O)O)COC(O)CCC(=O)O. The van der Waals surface area contributed by atoms with Gasteiger partial charge in [-0.3, -0.25) is 9.59 Å². The zero-order chi connectivity index (χ0) is 16.1. The Morgan fingerprint density at radius 2 is 1.62 bits per heavy atom. The molecular weight excluding hydrogens is 280 g/mol. The maximum absolute atomic E-state index is 10.4. The van der Waals surface area contributed by atoms with Gasteiger partial charge in [-0.05, 0) is 19.8 Å². The Morgan fingerprint density at radius 3 is 2.19 bits per heavy atom. The van der Waals surface area contributed by atoms with Gasteiger partial charge < -0.3 is 24.8 Å². The highest BCUT2D eigenvalue weighted by Gasteiger charge is 2.13. The summed E-state index contributed by atoms with van der Waals surface area (Å²) in [6.45, 7) is 2.58. The van der Waals surface area contributed by atoms with Crippen molar-refractivity contribution in [3.05, 3.63) is 0 Å². The number of ether oxygens (including phenoxy) is 2. The topological polar surface area (TPSA) is 113 Å². The average Bonchev–Trinajstić information content (AvgIpc) is 2.41. The fourth-order valence-electron chi connectivity index (χ4n) is 1.82. The molecule has 0 bridgehead atoms. The molecule has 0 aromatic carbocycles. The molecule has 0 saturated carbocycles. The van der Waals surface area contributed by atoms with Crippen LogP contribution in [0.2, 0.25) is 0 Å². The van der Waals surface area contributed by atoms with Crippen molar-refractivity contribution >= 4 is 11.9 Å². The molecule has 0 saturated heterocycles. The number of hydrogen-bond acceptors (Lipinski definition) is 5. The molecule has 3 N–H and O–H groups in total. The molecule has 0 spiro atoms. The molecule has 0 aromatic heterocycles. The van der Waals surface area contributed by atoms with Crippen LogP contribution in [0, 0.1) is 0 Å². The molecule has 0 aliphatic rings. The van der Waals surface area contributed by atoms with Crippen LogP contribution in [0.15, 0.2) is 0 Å². The van der Waals surface area contributed by atoms with Crippen molar-refractivity contribution in [3.8, 4) is 0 Å². The summed E-state index contributed by atoms with van der Waals surface area (Å²) in [6.07, 6.45) is 1.79. The minimum Gasteiger partial charge on any atom is -0.481 e. The zero-order valence-electron chi connectivity index (χ0n) is 12.5. The molecule has 0 aromatic rings. The van der Waals surface area contributed by atoms with Crippen LogP contribution in [0.25, 0.3) is 0 Å². The Hall–Kier alpha value is -1.18. The van der Waals surface area contributed by atoms with Crippen molar-refractivity contribution in [1.29, 1.82) is 0 Å². The first-order valence-electron chi connectivity index (χ1n) is 7.30. The van der Waals surface area contributed by atoms with E-state index in [2.05, 4.69) is 0 Å². The van der Waals surface area contributed by atoms with Crippen LogP contribution in [-0.4, -0.2) is 52.9 Å². The summed E-state index contributed by atoms with van der Waals surface area (Å²) < 4.78 is 10.7. The van der Waals surface area contributed by atoms with Gasteiger partial charge in [-0.15, -0.1) is 0 Å². The molecule has 0 aliphatic carbocycles. The molecule has 21 heavy (non-hydrogen) atoms. The lowest BCUT2D eigenvalue weighted by Crippen LogP contribution is -2.25. The van der Waals surface area contributed by atoms with Crippen LogP contribution < -0.4 is 0 Å². The summed E-state index contributed by atoms with van der Waals surface area (Å²) in [5.74, 6) is -1.77.